The van der Waals surface area contributed by atoms with Gasteiger partial charge in [0.2, 0.25) is 5.91 Å². The van der Waals surface area contributed by atoms with Crippen molar-refractivity contribution in [3.63, 3.8) is 0 Å². The molecule has 0 saturated carbocycles. The summed E-state index contributed by atoms with van der Waals surface area (Å²) in [6, 6.07) is 3.16. The Morgan fingerprint density at radius 3 is 2.22 bits per heavy atom. The first kappa shape index (κ1) is 20.3. The van der Waals surface area contributed by atoms with Gasteiger partial charge in [0, 0.05) is 38.5 Å². The van der Waals surface area contributed by atoms with Crippen molar-refractivity contribution in [1.82, 2.24) is 14.7 Å². The predicted octanol–water partition coefficient (Wildman–Crippen LogP) is 1.94. The Morgan fingerprint density at radius 2 is 1.74 bits per heavy atom. The van der Waals surface area contributed by atoms with E-state index in [9.17, 15) is 9.59 Å². The second-order valence-corrected chi connectivity index (χ2v) is 6.45. The molecule has 0 aliphatic carbocycles. The average molecular weight is 374 g/mol. The number of rotatable bonds is 6. The third-order valence-electron chi connectivity index (χ3n) is 4.43. The third kappa shape index (κ3) is 4.21. The Morgan fingerprint density at radius 1 is 1.15 bits per heavy atom. The average Bonchev–Trinajstić information content (AvgIpc) is 2.86. The highest BCUT2D eigenvalue weighted by molar-refractivity contribution is 6.04. The molecule has 146 valence electrons. The number of nitrogens with one attached hydrogen (secondary N) is 1. The van der Waals surface area contributed by atoms with E-state index in [1.165, 1.54) is 19.1 Å². The maximum absolute atomic E-state index is 12.6. The molecule has 8 nitrogen and oxygen atoms in total. The van der Waals surface area contributed by atoms with Crippen LogP contribution in [-0.2, 0) is 18.3 Å². The van der Waals surface area contributed by atoms with Gasteiger partial charge in [0.15, 0.2) is 11.5 Å². The van der Waals surface area contributed by atoms with E-state index in [1.54, 1.807) is 30.9 Å². The van der Waals surface area contributed by atoms with Crippen LogP contribution in [0.5, 0.6) is 11.5 Å². The summed E-state index contributed by atoms with van der Waals surface area (Å²) in [5, 5.41) is 7.15. The van der Waals surface area contributed by atoms with Crippen molar-refractivity contribution >= 4 is 17.5 Å². The molecule has 0 aliphatic rings. The lowest BCUT2D eigenvalue weighted by Gasteiger charge is -2.18. The zero-order valence-electron chi connectivity index (χ0n) is 16.8. The topological polar surface area (TPSA) is 85.7 Å². The van der Waals surface area contributed by atoms with E-state index in [2.05, 4.69) is 10.4 Å². The van der Waals surface area contributed by atoms with Crippen LogP contribution in [0, 0.1) is 13.8 Å². The van der Waals surface area contributed by atoms with Crippen molar-refractivity contribution in [2.24, 2.45) is 7.05 Å². The number of benzene rings is 1. The first-order chi connectivity index (χ1) is 12.7. The zero-order chi connectivity index (χ0) is 20.3. The first-order valence-corrected chi connectivity index (χ1v) is 8.46. The maximum Gasteiger partial charge on any atom is 0.255 e. The van der Waals surface area contributed by atoms with Crippen LogP contribution in [0.25, 0.3) is 0 Å². The van der Waals surface area contributed by atoms with E-state index in [0.29, 0.717) is 22.7 Å². The molecular weight excluding hydrogens is 348 g/mol. The highest BCUT2D eigenvalue weighted by Gasteiger charge is 2.21. The van der Waals surface area contributed by atoms with E-state index in [1.807, 2.05) is 20.9 Å². The van der Waals surface area contributed by atoms with E-state index in [0.717, 1.165) is 17.0 Å². The van der Waals surface area contributed by atoms with Crippen molar-refractivity contribution in [2.45, 2.75) is 20.3 Å². The fourth-order valence-electron chi connectivity index (χ4n) is 2.83. The van der Waals surface area contributed by atoms with Gasteiger partial charge in [0.1, 0.15) is 0 Å². The lowest BCUT2D eigenvalue weighted by Crippen LogP contribution is -2.24. The number of carbonyl (C=O) groups excluding carboxylic acids is 2. The SMILES string of the molecule is COc1cc(NC(=O)Cc2c(C)nn(C)c2C)c(C(=O)N(C)C)cc1OC. The Kier molecular flexibility index (Phi) is 6.09. The molecule has 0 fully saturated rings. The minimum Gasteiger partial charge on any atom is -0.493 e. The molecule has 8 heteroatoms. The van der Waals surface area contributed by atoms with Crippen LogP contribution in [0.4, 0.5) is 5.69 Å². The lowest BCUT2D eigenvalue weighted by molar-refractivity contribution is -0.115. The number of hydrogen-bond donors (Lipinski definition) is 1. The van der Waals surface area contributed by atoms with Gasteiger partial charge in [-0.3, -0.25) is 14.3 Å². The summed E-state index contributed by atoms with van der Waals surface area (Å²) in [4.78, 5) is 26.6. The van der Waals surface area contributed by atoms with E-state index < -0.39 is 0 Å². The number of amides is 2. The quantitative estimate of drug-likeness (QED) is 0.835. The molecule has 2 aromatic rings. The second-order valence-electron chi connectivity index (χ2n) is 6.45. The zero-order valence-corrected chi connectivity index (χ0v) is 16.8. The van der Waals surface area contributed by atoms with Gasteiger partial charge >= 0.3 is 0 Å². The number of nitrogens with zero attached hydrogens (tertiary/aromatic N) is 3. The molecule has 1 aromatic carbocycles. The largest absolute Gasteiger partial charge is 0.493 e. The van der Waals surface area contributed by atoms with Gasteiger partial charge < -0.3 is 19.7 Å². The number of aromatic nitrogens is 2. The van der Waals surface area contributed by atoms with Crippen LogP contribution in [0.2, 0.25) is 0 Å². The smallest absolute Gasteiger partial charge is 0.255 e. The minimum absolute atomic E-state index is 0.162. The molecule has 0 aliphatic heterocycles. The highest BCUT2D eigenvalue weighted by Crippen LogP contribution is 2.34. The molecule has 0 saturated heterocycles. The lowest BCUT2D eigenvalue weighted by atomic mass is 10.1. The number of ether oxygens (including phenoxy) is 2. The van der Waals surface area contributed by atoms with Crippen molar-refractivity contribution in [2.75, 3.05) is 33.6 Å². The number of aryl methyl sites for hydroxylation is 2. The van der Waals surface area contributed by atoms with Crippen molar-refractivity contribution < 1.29 is 19.1 Å². The van der Waals surface area contributed by atoms with E-state index >= 15 is 0 Å². The second kappa shape index (κ2) is 8.11. The molecule has 2 rings (SSSR count). The number of anilines is 1. The molecular formula is C19H26N4O4. The van der Waals surface area contributed by atoms with Gasteiger partial charge in [-0.05, 0) is 19.9 Å². The van der Waals surface area contributed by atoms with Crippen LogP contribution < -0.4 is 14.8 Å². The van der Waals surface area contributed by atoms with Crippen LogP contribution in [0.3, 0.4) is 0 Å². The molecule has 0 atom stereocenters. The van der Waals surface area contributed by atoms with Crippen molar-refractivity contribution in [1.29, 1.82) is 0 Å². The van der Waals surface area contributed by atoms with Crippen LogP contribution in [0.15, 0.2) is 12.1 Å². The van der Waals surface area contributed by atoms with E-state index in [4.69, 9.17) is 9.47 Å². The van der Waals surface area contributed by atoms with Gasteiger partial charge in [-0.2, -0.15) is 5.10 Å². The monoisotopic (exact) mass is 374 g/mol. The van der Waals surface area contributed by atoms with E-state index in [-0.39, 0.29) is 18.2 Å². The fraction of sp³-hybridized carbons (Fsp3) is 0.421. The van der Waals surface area contributed by atoms with Crippen molar-refractivity contribution in [3.05, 3.63) is 34.6 Å². The summed E-state index contributed by atoms with van der Waals surface area (Å²) in [6.45, 7) is 3.78. The summed E-state index contributed by atoms with van der Waals surface area (Å²) in [6.07, 6.45) is 0.162. The highest BCUT2D eigenvalue weighted by atomic mass is 16.5. The predicted molar refractivity (Wildman–Crippen MR) is 103 cm³/mol. The summed E-state index contributed by atoms with van der Waals surface area (Å²) >= 11 is 0. The molecule has 1 N–H and O–H groups in total. The van der Waals surface area contributed by atoms with Gasteiger partial charge in [-0.25, -0.2) is 0 Å². The molecule has 0 bridgehead atoms. The number of hydrogen-bond acceptors (Lipinski definition) is 5. The summed E-state index contributed by atoms with van der Waals surface area (Å²) < 4.78 is 12.3. The summed E-state index contributed by atoms with van der Waals surface area (Å²) in [5.74, 6) is 0.353. The first-order valence-electron chi connectivity index (χ1n) is 8.46. The molecule has 0 radical (unpaired) electrons. The Balaban J connectivity index is 2.38. The molecule has 1 aromatic heterocycles. The summed E-state index contributed by atoms with van der Waals surface area (Å²) in [5.41, 5.74) is 3.30. The Labute approximate surface area is 159 Å². The van der Waals surface area contributed by atoms with Crippen LogP contribution in [0.1, 0.15) is 27.3 Å². The molecule has 27 heavy (non-hydrogen) atoms. The fourth-order valence-corrected chi connectivity index (χ4v) is 2.83. The Bertz CT molecular complexity index is 871. The van der Waals surface area contributed by atoms with Crippen LogP contribution in [-0.4, -0.2) is 54.8 Å². The van der Waals surface area contributed by atoms with Crippen molar-refractivity contribution in [3.8, 4) is 11.5 Å². The minimum atomic E-state index is -0.250. The van der Waals surface area contributed by atoms with Gasteiger partial charge in [-0.1, -0.05) is 0 Å². The van der Waals surface area contributed by atoms with Crippen LogP contribution >= 0.6 is 0 Å². The molecule has 1 heterocycles. The summed E-state index contributed by atoms with van der Waals surface area (Å²) in [7, 11) is 8.12. The Hall–Kier alpha value is -3.03. The van der Waals surface area contributed by atoms with Gasteiger partial charge in [0.25, 0.3) is 5.91 Å². The third-order valence-corrected chi connectivity index (χ3v) is 4.43. The standard InChI is InChI=1S/C19H26N4O4/c1-11-13(12(2)23(5)21-11)9-18(24)20-15-10-17(27-7)16(26-6)8-14(15)19(25)22(3)4/h8,10H,9H2,1-7H3,(H,20,24). The molecule has 2 amide bonds. The molecule has 0 spiro atoms. The maximum atomic E-state index is 12.6. The normalized spacial score (nSPS) is 10.5. The van der Waals surface area contributed by atoms with Gasteiger partial charge in [0.05, 0.1) is 37.6 Å². The number of carbonyl (C=O) groups is 2. The molecule has 0 unspecified atom stereocenters. The van der Waals surface area contributed by atoms with Gasteiger partial charge in [-0.15, -0.1) is 0 Å². The number of methoxy groups -OCH3 is 2.